The summed E-state index contributed by atoms with van der Waals surface area (Å²) in [6, 6.07) is 0. The number of ether oxygens (including phenoxy) is 4. The molecule has 1 atom stereocenters. The Morgan fingerprint density at radius 2 is 1.43 bits per heavy atom. The number of hydrogen-bond donors (Lipinski definition) is 2. The molecule has 1 unspecified atom stereocenters. The van der Waals surface area contributed by atoms with Crippen LogP contribution in [-0.2, 0) is 33.3 Å². The Balaban J connectivity index is 1.31. The molecule has 2 aliphatic rings. The van der Waals surface area contributed by atoms with Crippen molar-refractivity contribution in [3.8, 4) is 0 Å². The summed E-state index contributed by atoms with van der Waals surface area (Å²) in [5.41, 5.74) is 0. The van der Waals surface area contributed by atoms with Gasteiger partial charge in [-0.15, -0.1) is 0 Å². The highest BCUT2D eigenvalue weighted by Crippen LogP contribution is 2.15. The van der Waals surface area contributed by atoms with Gasteiger partial charge >= 0.3 is 6.09 Å². The average Bonchev–Trinajstić information content (AvgIpc) is 3.14. The van der Waals surface area contributed by atoms with E-state index in [2.05, 4.69) is 22.8 Å². The highest BCUT2D eigenvalue weighted by Gasteiger charge is 2.23. The normalized spacial score (nSPS) is 18.7. The lowest BCUT2D eigenvalue weighted by molar-refractivity contribution is -0.137. The number of imide groups is 1. The number of nitrogens with zero attached hydrogens (tertiary/aromatic N) is 1. The zero-order valence-electron chi connectivity index (χ0n) is 20.2. The summed E-state index contributed by atoms with van der Waals surface area (Å²) in [5, 5.41) is 5.37. The van der Waals surface area contributed by atoms with Gasteiger partial charge in [-0.1, -0.05) is 12.2 Å². The molecule has 1 aliphatic carbocycles. The van der Waals surface area contributed by atoms with Gasteiger partial charge in [0.05, 0.1) is 39.6 Å². The molecule has 35 heavy (non-hydrogen) atoms. The molecule has 1 aliphatic heterocycles. The molecular weight excluding hydrogens is 458 g/mol. The summed E-state index contributed by atoms with van der Waals surface area (Å²) in [7, 11) is 0. The van der Waals surface area contributed by atoms with Crippen LogP contribution in [0.25, 0.3) is 0 Å². The van der Waals surface area contributed by atoms with Crippen molar-refractivity contribution in [1.82, 2.24) is 15.5 Å². The number of amides is 4. The van der Waals surface area contributed by atoms with Crippen molar-refractivity contribution in [2.24, 2.45) is 0 Å². The molecule has 0 saturated carbocycles. The van der Waals surface area contributed by atoms with Crippen molar-refractivity contribution >= 4 is 23.8 Å². The fourth-order valence-electron chi connectivity index (χ4n) is 3.42. The lowest BCUT2D eigenvalue weighted by atomic mass is 10.0. The minimum Gasteiger partial charge on any atom is -0.446 e. The number of alkyl carbamates (subject to hydrolysis) is 1. The van der Waals surface area contributed by atoms with E-state index in [1.165, 1.54) is 12.2 Å². The van der Waals surface area contributed by atoms with Gasteiger partial charge in [0.2, 0.25) is 5.91 Å². The number of nitrogens with one attached hydrogen (secondary N) is 2. The molecular formula is C24H37N3O8. The van der Waals surface area contributed by atoms with E-state index >= 15 is 0 Å². The van der Waals surface area contributed by atoms with Crippen LogP contribution in [0.1, 0.15) is 38.5 Å². The second-order valence-electron chi connectivity index (χ2n) is 8.03. The number of carbonyl (C=O) groups excluding carboxylic acids is 4. The van der Waals surface area contributed by atoms with Crippen LogP contribution in [0.15, 0.2) is 24.3 Å². The van der Waals surface area contributed by atoms with Crippen molar-refractivity contribution in [3.63, 3.8) is 0 Å². The van der Waals surface area contributed by atoms with Crippen molar-refractivity contribution < 1.29 is 38.1 Å². The molecule has 4 amide bonds. The maximum absolute atomic E-state index is 11.8. The Bertz CT molecular complexity index is 722. The van der Waals surface area contributed by atoms with Crippen molar-refractivity contribution in [3.05, 3.63) is 24.3 Å². The summed E-state index contributed by atoms with van der Waals surface area (Å²) in [5.74, 6) is -1.05. The molecule has 11 heteroatoms. The molecule has 2 N–H and O–H groups in total. The summed E-state index contributed by atoms with van der Waals surface area (Å²) in [6.45, 7) is 3.05. The number of carbonyl (C=O) groups is 4. The smallest absolute Gasteiger partial charge is 0.407 e. The molecule has 196 valence electrons. The zero-order valence-corrected chi connectivity index (χ0v) is 20.2. The van der Waals surface area contributed by atoms with E-state index in [1.54, 1.807) is 0 Å². The monoisotopic (exact) mass is 495 g/mol. The maximum atomic E-state index is 11.8. The minimum atomic E-state index is -0.401. The summed E-state index contributed by atoms with van der Waals surface area (Å²) in [4.78, 5) is 47.4. The molecule has 1 heterocycles. The predicted octanol–water partition coefficient (Wildman–Crippen LogP) is 1.08. The average molecular weight is 496 g/mol. The summed E-state index contributed by atoms with van der Waals surface area (Å²) in [6.07, 6.45) is 11.1. The Hall–Kier alpha value is -2.76. The molecule has 2 rings (SSSR count). The van der Waals surface area contributed by atoms with E-state index in [0.717, 1.165) is 37.0 Å². The molecule has 0 radical (unpaired) electrons. The van der Waals surface area contributed by atoms with E-state index in [-0.39, 0.29) is 25.0 Å². The Labute approximate surface area is 206 Å². The summed E-state index contributed by atoms with van der Waals surface area (Å²) >= 11 is 0. The van der Waals surface area contributed by atoms with Crippen LogP contribution < -0.4 is 10.6 Å². The van der Waals surface area contributed by atoms with Crippen LogP contribution >= 0.6 is 0 Å². The predicted molar refractivity (Wildman–Crippen MR) is 126 cm³/mol. The van der Waals surface area contributed by atoms with Crippen LogP contribution in [0.5, 0.6) is 0 Å². The van der Waals surface area contributed by atoms with Gasteiger partial charge < -0.3 is 29.6 Å². The van der Waals surface area contributed by atoms with Gasteiger partial charge in [-0.2, -0.15) is 0 Å². The molecule has 0 aromatic carbocycles. The van der Waals surface area contributed by atoms with E-state index in [0.29, 0.717) is 52.7 Å². The Morgan fingerprint density at radius 3 is 2.11 bits per heavy atom. The van der Waals surface area contributed by atoms with Gasteiger partial charge in [-0.05, 0) is 32.1 Å². The molecule has 0 bridgehead atoms. The molecule has 0 saturated heterocycles. The van der Waals surface area contributed by atoms with Gasteiger partial charge in [0.15, 0.2) is 0 Å². The first kappa shape index (κ1) is 28.5. The van der Waals surface area contributed by atoms with E-state index in [1.807, 2.05) is 0 Å². The van der Waals surface area contributed by atoms with Gasteiger partial charge in [0.25, 0.3) is 11.8 Å². The topological polar surface area (TPSA) is 132 Å². The fraction of sp³-hybridized carbons (Fsp3) is 0.667. The van der Waals surface area contributed by atoms with Crippen LogP contribution in [0.3, 0.4) is 0 Å². The lowest BCUT2D eigenvalue weighted by Crippen LogP contribution is -2.35. The molecule has 0 fully saturated rings. The van der Waals surface area contributed by atoms with Crippen molar-refractivity contribution in [2.75, 3.05) is 59.3 Å². The first-order chi connectivity index (χ1) is 17.1. The van der Waals surface area contributed by atoms with Crippen LogP contribution in [0.4, 0.5) is 4.79 Å². The molecule has 0 aromatic heterocycles. The third-order valence-electron chi connectivity index (χ3n) is 5.28. The molecule has 11 nitrogen and oxygen atoms in total. The first-order valence-corrected chi connectivity index (χ1v) is 12.2. The highest BCUT2D eigenvalue weighted by molar-refractivity contribution is 6.13. The SMILES string of the molecule is O=C(CCN1C(=O)C=CC1=O)NCCOCCOCCOCCNC(=O)OC1CC/C=C/CCC1. The zero-order chi connectivity index (χ0) is 25.1. The van der Waals surface area contributed by atoms with E-state index in [4.69, 9.17) is 18.9 Å². The lowest BCUT2D eigenvalue weighted by Gasteiger charge is -2.18. The van der Waals surface area contributed by atoms with Gasteiger partial charge in [-0.25, -0.2) is 4.79 Å². The number of rotatable bonds is 16. The Kier molecular flexibility index (Phi) is 14.4. The van der Waals surface area contributed by atoms with Crippen molar-refractivity contribution in [2.45, 2.75) is 44.6 Å². The van der Waals surface area contributed by atoms with E-state index in [9.17, 15) is 19.2 Å². The van der Waals surface area contributed by atoms with Gasteiger partial charge in [0.1, 0.15) is 6.10 Å². The number of allylic oxidation sites excluding steroid dienone is 2. The molecule has 0 spiro atoms. The standard InChI is InChI=1S/C24H37N3O8/c28-21(10-13-27-22(29)8-9-23(27)30)25-11-14-32-16-18-34-19-17-33-15-12-26-24(31)35-20-6-4-2-1-3-5-7-20/h1-2,8-9,20H,3-7,10-19H2,(H,25,28)(H,26,31)/b2-1+. The third kappa shape index (κ3) is 13.1. The van der Waals surface area contributed by atoms with E-state index < -0.39 is 17.9 Å². The van der Waals surface area contributed by atoms with Crippen molar-refractivity contribution in [1.29, 1.82) is 0 Å². The maximum Gasteiger partial charge on any atom is 0.407 e. The van der Waals surface area contributed by atoms with Crippen LogP contribution in [0.2, 0.25) is 0 Å². The largest absolute Gasteiger partial charge is 0.446 e. The third-order valence-corrected chi connectivity index (χ3v) is 5.28. The quantitative estimate of drug-likeness (QED) is 0.185. The fourth-order valence-corrected chi connectivity index (χ4v) is 3.42. The first-order valence-electron chi connectivity index (χ1n) is 12.2. The minimum absolute atomic E-state index is 0.0239. The van der Waals surface area contributed by atoms with Crippen LogP contribution in [0, 0.1) is 0 Å². The van der Waals surface area contributed by atoms with Gasteiger partial charge in [0, 0.05) is 38.2 Å². The second-order valence-corrected chi connectivity index (χ2v) is 8.03. The van der Waals surface area contributed by atoms with Gasteiger partial charge in [-0.3, -0.25) is 19.3 Å². The molecule has 0 aromatic rings. The summed E-state index contributed by atoms with van der Waals surface area (Å²) < 4.78 is 21.6. The number of hydrogen-bond acceptors (Lipinski definition) is 8. The highest BCUT2D eigenvalue weighted by atomic mass is 16.6. The Morgan fingerprint density at radius 1 is 0.829 bits per heavy atom. The van der Waals surface area contributed by atoms with Crippen LogP contribution in [-0.4, -0.2) is 94.1 Å². The second kappa shape index (κ2) is 17.6.